The first-order valence-electron chi connectivity index (χ1n) is 20.6. The fourth-order valence-electron chi connectivity index (χ4n) is 10.4. The first-order chi connectivity index (χ1) is 29.8. The number of para-hydroxylation sites is 5. The van der Waals surface area contributed by atoms with E-state index in [1.54, 1.807) is 0 Å². The van der Waals surface area contributed by atoms with Gasteiger partial charge in [-0.3, -0.25) is 9.88 Å². The van der Waals surface area contributed by atoms with E-state index in [1.165, 1.54) is 44.4 Å². The minimum absolute atomic E-state index is 0.0228. The molecule has 0 aliphatic carbocycles. The van der Waals surface area contributed by atoms with E-state index in [4.69, 9.17) is 9.97 Å². The number of hydrogen-bond donors (Lipinski definition) is 0. The molecule has 4 aliphatic heterocycles. The summed E-state index contributed by atoms with van der Waals surface area (Å²) in [6, 6.07) is 68.2. The molecule has 0 radical (unpaired) electrons. The molecule has 0 unspecified atom stereocenters. The van der Waals surface area contributed by atoms with Crippen LogP contribution in [0.25, 0.3) is 0 Å². The van der Waals surface area contributed by atoms with Gasteiger partial charge in [0.25, 0.3) is 13.4 Å². The smallest absolute Gasteiger partial charge is 0.256 e. The summed E-state index contributed by atoms with van der Waals surface area (Å²) in [5, 5.41) is 0. The van der Waals surface area contributed by atoms with Crippen molar-refractivity contribution in [2.45, 2.75) is 0 Å². The van der Waals surface area contributed by atoms with Crippen LogP contribution in [-0.4, -0.2) is 23.4 Å². The van der Waals surface area contributed by atoms with Gasteiger partial charge in [-0.05, 0) is 118 Å². The summed E-state index contributed by atoms with van der Waals surface area (Å²) < 4.78 is 0. The van der Waals surface area contributed by atoms with Crippen LogP contribution in [0.5, 0.6) is 0 Å². The highest BCUT2D eigenvalue weighted by Gasteiger charge is 2.48. The van der Waals surface area contributed by atoms with Crippen LogP contribution in [0.3, 0.4) is 0 Å². The molecule has 9 aromatic rings. The molecule has 0 atom stereocenters. The highest BCUT2D eigenvalue weighted by Crippen LogP contribution is 2.47. The predicted molar refractivity (Wildman–Crippen MR) is 250 cm³/mol. The molecule has 8 heteroatoms. The molecule has 0 spiro atoms. The second-order valence-corrected chi connectivity index (χ2v) is 15.8. The summed E-state index contributed by atoms with van der Waals surface area (Å²) in [6.07, 6.45) is 5.97. The Morgan fingerprint density at radius 2 is 0.767 bits per heavy atom. The van der Waals surface area contributed by atoms with Gasteiger partial charge in [-0.25, -0.2) is 4.98 Å². The quantitative estimate of drug-likeness (QED) is 0.167. The van der Waals surface area contributed by atoms with E-state index in [9.17, 15) is 0 Å². The molecule has 0 bridgehead atoms. The lowest BCUT2D eigenvalue weighted by atomic mass is 9.30. The summed E-state index contributed by atoms with van der Waals surface area (Å²) in [6.45, 7) is -0.139. The Hall–Kier alpha value is -7.83. The molecule has 0 saturated carbocycles. The van der Waals surface area contributed by atoms with E-state index < -0.39 is 0 Å². The lowest BCUT2D eigenvalue weighted by molar-refractivity contribution is 1.16. The second kappa shape index (κ2) is 12.8. The van der Waals surface area contributed by atoms with Crippen LogP contribution >= 0.6 is 0 Å². The van der Waals surface area contributed by atoms with Gasteiger partial charge in [0.15, 0.2) is 0 Å². The van der Waals surface area contributed by atoms with Gasteiger partial charge in [-0.2, -0.15) is 0 Å². The zero-order chi connectivity index (χ0) is 39.3. The maximum Gasteiger partial charge on any atom is 0.256 e. The van der Waals surface area contributed by atoms with Gasteiger partial charge >= 0.3 is 0 Å². The number of nitrogens with zero attached hydrogens (tertiary/aromatic N) is 6. The summed E-state index contributed by atoms with van der Waals surface area (Å²) in [4.78, 5) is 19.8. The molecule has 0 fully saturated rings. The van der Waals surface area contributed by atoms with Crippen LogP contribution < -0.4 is 52.4 Å². The Bertz CT molecular complexity index is 2940. The number of fused-ring (bicyclic) bond motifs is 8. The molecular weight excluding hydrogens is 730 g/mol. The fraction of sp³-hybridized carbons (Fsp3) is 0. The van der Waals surface area contributed by atoms with Crippen molar-refractivity contribution in [3.8, 4) is 0 Å². The number of benzene rings is 7. The number of hydrogen-bond acceptors (Lipinski definition) is 6. The van der Waals surface area contributed by atoms with E-state index in [0.29, 0.717) is 0 Å². The molecule has 6 nitrogen and oxygen atoms in total. The third-order valence-corrected chi connectivity index (χ3v) is 12.7. The fourth-order valence-corrected chi connectivity index (χ4v) is 10.4. The molecule has 7 aromatic carbocycles. The summed E-state index contributed by atoms with van der Waals surface area (Å²) in [5.74, 6) is 0.929. The molecule has 278 valence electrons. The Morgan fingerprint density at radius 3 is 1.38 bits per heavy atom. The van der Waals surface area contributed by atoms with Crippen molar-refractivity contribution < 1.29 is 0 Å². The molecule has 2 aromatic heterocycles. The van der Waals surface area contributed by atoms with E-state index in [2.05, 4.69) is 214 Å². The van der Waals surface area contributed by atoms with E-state index in [-0.39, 0.29) is 13.4 Å². The zero-order valence-electron chi connectivity index (χ0n) is 32.5. The molecule has 0 saturated heterocycles. The predicted octanol–water partition coefficient (Wildman–Crippen LogP) is 8.64. The standard InChI is InChI=1S/C52H34B2N6/c1-5-16-35(17-6-1)57-43-25-14-13-24-39(43)53-40-32-41-49(33-48(40)59(37-20-9-3-10-21-37)46-27-15-26-45(57)50(46)53)60(38-22-11-4-12-23-38)52-51-47(29-31-56-52)58(36-18-7-2-8-19-36)44-28-30-55-34-42(44)54(41)51/h1-34H. The monoisotopic (exact) mass is 764 g/mol. The van der Waals surface area contributed by atoms with Gasteiger partial charge in [0, 0.05) is 81.2 Å². The summed E-state index contributed by atoms with van der Waals surface area (Å²) in [7, 11) is 0. The summed E-state index contributed by atoms with van der Waals surface area (Å²) in [5.41, 5.74) is 19.9. The molecule has 0 N–H and O–H groups in total. The van der Waals surface area contributed by atoms with Gasteiger partial charge in [0.1, 0.15) is 5.82 Å². The van der Waals surface area contributed by atoms with Crippen LogP contribution in [0.4, 0.5) is 68.4 Å². The van der Waals surface area contributed by atoms with Gasteiger partial charge < -0.3 is 14.7 Å². The second-order valence-electron chi connectivity index (χ2n) is 15.8. The SMILES string of the molecule is c1ccc(N2c3ccccc3B3c4cc5c(cc4N(c4ccccc4)c4cccc2c43)N(c2ccccc2)c2nccc3c2B5c2cnccc2N3c2ccccc2)cc1. The highest BCUT2D eigenvalue weighted by atomic mass is 15.2. The third-order valence-electron chi connectivity index (χ3n) is 12.7. The largest absolute Gasteiger partial charge is 0.311 e. The molecule has 6 heterocycles. The Morgan fingerprint density at radius 1 is 0.317 bits per heavy atom. The van der Waals surface area contributed by atoms with Crippen molar-refractivity contribution in [2.75, 3.05) is 19.6 Å². The zero-order valence-corrected chi connectivity index (χ0v) is 32.5. The van der Waals surface area contributed by atoms with Crippen molar-refractivity contribution in [2.24, 2.45) is 0 Å². The van der Waals surface area contributed by atoms with Gasteiger partial charge in [-0.1, -0.05) is 103 Å². The van der Waals surface area contributed by atoms with Crippen LogP contribution in [0, 0.1) is 0 Å². The number of rotatable bonds is 4. The van der Waals surface area contributed by atoms with Crippen molar-refractivity contribution in [1.82, 2.24) is 9.97 Å². The molecule has 60 heavy (non-hydrogen) atoms. The Balaban J connectivity index is 1.14. The third kappa shape index (κ3) is 4.61. The molecule has 4 aliphatic rings. The first-order valence-corrected chi connectivity index (χ1v) is 20.6. The molecule has 0 amide bonds. The number of pyridine rings is 2. The lowest BCUT2D eigenvalue weighted by Crippen LogP contribution is -2.65. The van der Waals surface area contributed by atoms with Crippen molar-refractivity contribution in [3.63, 3.8) is 0 Å². The van der Waals surface area contributed by atoms with E-state index >= 15 is 0 Å². The van der Waals surface area contributed by atoms with E-state index in [0.717, 1.165) is 56.8 Å². The van der Waals surface area contributed by atoms with Gasteiger partial charge in [0.05, 0.1) is 0 Å². The van der Waals surface area contributed by atoms with Crippen LogP contribution in [0.1, 0.15) is 0 Å². The average molecular weight is 765 g/mol. The van der Waals surface area contributed by atoms with Gasteiger partial charge in [-0.15, -0.1) is 0 Å². The highest BCUT2D eigenvalue weighted by molar-refractivity contribution is 7.03. The lowest BCUT2D eigenvalue weighted by Gasteiger charge is -2.46. The minimum Gasteiger partial charge on any atom is -0.311 e. The molecular formula is C52H34B2N6. The van der Waals surface area contributed by atoms with Crippen LogP contribution in [0.15, 0.2) is 207 Å². The van der Waals surface area contributed by atoms with Crippen molar-refractivity contribution >= 4 is 115 Å². The maximum absolute atomic E-state index is 5.27. The van der Waals surface area contributed by atoms with Crippen LogP contribution in [-0.2, 0) is 0 Å². The Kier molecular flexibility index (Phi) is 7.10. The maximum atomic E-state index is 5.27. The topological polar surface area (TPSA) is 38.7 Å². The molecule has 13 rings (SSSR count). The summed E-state index contributed by atoms with van der Waals surface area (Å²) >= 11 is 0. The van der Waals surface area contributed by atoms with Crippen LogP contribution in [0.2, 0.25) is 0 Å². The number of aromatic nitrogens is 2. The Labute approximate surface area is 349 Å². The number of anilines is 12. The first kappa shape index (κ1) is 33.2. The minimum atomic E-state index is -0.117. The van der Waals surface area contributed by atoms with Crippen molar-refractivity contribution in [1.29, 1.82) is 0 Å². The van der Waals surface area contributed by atoms with E-state index in [1.807, 2.05) is 12.4 Å². The van der Waals surface area contributed by atoms with Crippen molar-refractivity contribution in [3.05, 3.63) is 207 Å². The average Bonchev–Trinajstić information content (AvgIpc) is 3.32. The normalized spacial score (nSPS) is 13.8. The van der Waals surface area contributed by atoms with Gasteiger partial charge in [0.2, 0.25) is 0 Å².